The summed E-state index contributed by atoms with van der Waals surface area (Å²) < 4.78 is 0. The zero-order chi connectivity index (χ0) is 10.1. The number of rotatable bonds is 1. The van der Waals surface area contributed by atoms with Crippen molar-refractivity contribution < 1.29 is 5.11 Å². The monoisotopic (exact) mass is 179 g/mol. The third-order valence-corrected chi connectivity index (χ3v) is 1.92. The summed E-state index contributed by atoms with van der Waals surface area (Å²) in [7, 11) is 0. The fourth-order valence-electron chi connectivity index (χ4n) is 1.21. The topological polar surface area (TPSA) is 49.7 Å². The number of phenols is 1. The molecule has 0 amide bonds. The Morgan fingerprint density at radius 1 is 1.31 bits per heavy atom. The molecule has 0 saturated carbocycles. The van der Waals surface area contributed by atoms with Gasteiger partial charge in [-0.2, -0.15) is 0 Å². The molecule has 70 valence electrons. The van der Waals surface area contributed by atoms with E-state index in [0.717, 1.165) is 5.56 Å². The quantitative estimate of drug-likeness (QED) is 0.673. The molecule has 0 bridgehead atoms. The second kappa shape index (κ2) is 3.17. The van der Waals surface area contributed by atoms with Gasteiger partial charge in [0.1, 0.15) is 11.4 Å². The van der Waals surface area contributed by atoms with Crippen molar-refractivity contribution in [1.29, 1.82) is 0 Å². The van der Waals surface area contributed by atoms with Gasteiger partial charge >= 0.3 is 0 Å². The van der Waals surface area contributed by atoms with Crippen LogP contribution in [0.2, 0.25) is 0 Å². The standard InChI is InChI=1S/C10H13NO2/c1-10(2,3)7-5-4-6-8(11-13)9(7)12/h4-6,12H,1-3H3. The molecule has 0 aromatic heterocycles. The Morgan fingerprint density at radius 2 is 1.92 bits per heavy atom. The fraction of sp³-hybridized carbons (Fsp3) is 0.400. The van der Waals surface area contributed by atoms with Crippen LogP contribution in [0.15, 0.2) is 23.4 Å². The molecule has 0 atom stereocenters. The highest BCUT2D eigenvalue weighted by Crippen LogP contribution is 2.36. The lowest BCUT2D eigenvalue weighted by atomic mass is 9.86. The molecule has 0 aliphatic carbocycles. The van der Waals surface area contributed by atoms with Crippen LogP contribution in [-0.4, -0.2) is 5.11 Å². The molecule has 3 nitrogen and oxygen atoms in total. The third kappa shape index (κ3) is 1.86. The summed E-state index contributed by atoms with van der Waals surface area (Å²) in [5, 5.41) is 12.4. The van der Waals surface area contributed by atoms with E-state index in [1.54, 1.807) is 12.1 Å². The van der Waals surface area contributed by atoms with Crippen LogP contribution in [0.1, 0.15) is 26.3 Å². The highest BCUT2D eigenvalue weighted by atomic mass is 16.3. The van der Waals surface area contributed by atoms with Crippen molar-refractivity contribution in [3.8, 4) is 5.75 Å². The first kappa shape index (κ1) is 9.71. The van der Waals surface area contributed by atoms with E-state index in [4.69, 9.17) is 0 Å². The van der Waals surface area contributed by atoms with Crippen molar-refractivity contribution in [3.05, 3.63) is 28.7 Å². The van der Waals surface area contributed by atoms with Crippen molar-refractivity contribution in [3.63, 3.8) is 0 Å². The van der Waals surface area contributed by atoms with Crippen LogP contribution in [0, 0.1) is 4.91 Å². The maximum absolute atomic E-state index is 10.3. The zero-order valence-corrected chi connectivity index (χ0v) is 8.03. The van der Waals surface area contributed by atoms with Crippen molar-refractivity contribution in [2.75, 3.05) is 0 Å². The minimum Gasteiger partial charge on any atom is -0.505 e. The Balaban J connectivity index is 3.32. The Labute approximate surface area is 77.4 Å². The fourth-order valence-corrected chi connectivity index (χ4v) is 1.21. The summed E-state index contributed by atoms with van der Waals surface area (Å²) in [6.07, 6.45) is 0. The van der Waals surface area contributed by atoms with Gasteiger partial charge in [0.25, 0.3) is 0 Å². The van der Waals surface area contributed by atoms with Crippen molar-refractivity contribution in [2.45, 2.75) is 26.2 Å². The van der Waals surface area contributed by atoms with Crippen LogP contribution in [-0.2, 0) is 5.41 Å². The number of hydrogen-bond donors (Lipinski definition) is 1. The molecular weight excluding hydrogens is 166 g/mol. The molecule has 1 aromatic rings. The maximum Gasteiger partial charge on any atom is 0.149 e. The Hall–Kier alpha value is -1.38. The van der Waals surface area contributed by atoms with Gasteiger partial charge in [0, 0.05) is 5.56 Å². The Bertz CT molecular complexity index is 326. The molecule has 3 heteroatoms. The van der Waals surface area contributed by atoms with Crippen molar-refractivity contribution >= 4 is 5.69 Å². The average molecular weight is 179 g/mol. The van der Waals surface area contributed by atoms with Gasteiger partial charge in [0.2, 0.25) is 0 Å². The molecule has 0 saturated heterocycles. The van der Waals surface area contributed by atoms with Crippen LogP contribution in [0.25, 0.3) is 0 Å². The van der Waals surface area contributed by atoms with Gasteiger partial charge in [-0.25, -0.2) is 0 Å². The van der Waals surface area contributed by atoms with E-state index in [9.17, 15) is 10.0 Å². The molecule has 0 unspecified atom stereocenters. The first-order chi connectivity index (χ1) is 5.96. The summed E-state index contributed by atoms with van der Waals surface area (Å²) in [5.41, 5.74) is 0.669. The predicted octanol–water partition coefficient (Wildman–Crippen LogP) is 3.09. The van der Waals surface area contributed by atoms with Gasteiger partial charge in [-0.1, -0.05) is 32.9 Å². The number of hydrogen-bond acceptors (Lipinski definition) is 3. The van der Waals surface area contributed by atoms with Crippen LogP contribution in [0.5, 0.6) is 5.75 Å². The van der Waals surface area contributed by atoms with E-state index in [2.05, 4.69) is 5.18 Å². The molecule has 13 heavy (non-hydrogen) atoms. The van der Waals surface area contributed by atoms with Crippen molar-refractivity contribution in [2.24, 2.45) is 5.18 Å². The first-order valence-corrected chi connectivity index (χ1v) is 4.12. The average Bonchev–Trinajstić information content (AvgIpc) is 2.02. The molecule has 0 aliphatic heterocycles. The van der Waals surface area contributed by atoms with Gasteiger partial charge < -0.3 is 5.11 Å². The number of para-hydroxylation sites is 1. The number of aromatic hydroxyl groups is 1. The maximum atomic E-state index is 10.3. The second-order valence-corrected chi connectivity index (χ2v) is 4.01. The normalized spacial score (nSPS) is 11.3. The Morgan fingerprint density at radius 3 is 2.38 bits per heavy atom. The van der Waals surface area contributed by atoms with E-state index >= 15 is 0 Å². The van der Waals surface area contributed by atoms with E-state index in [1.165, 1.54) is 6.07 Å². The van der Waals surface area contributed by atoms with Crippen LogP contribution < -0.4 is 0 Å². The molecular formula is C10H13NO2. The first-order valence-electron chi connectivity index (χ1n) is 4.12. The molecule has 0 fully saturated rings. The number of nitroso groups, excluding NO2 is 1. The van der Waals surface area contributed by atoms with Gasteiger partial charge in [0.15, 0.2) is 0 Å². The number of benzene rings is 1. The highest BCUT2D eigenvalue weighted by molar-refractivity contribution is 5.56. The van der Waals surface area contributed by atoms with Crippen LogP contribution >= 0.6 is 0 Å². The summed E-state index contributed by atoms with van der Waals surface area (Å²) in [6.45, 7) is 5.91. The molecule has 0 spiro atoms. The van der Waals surface area contributed by atoms with Crippen LogP contribution in [0.4, 0.5) is 5.69 Å². The largest absolute Gasteiger partial charge is 0.505 e. The molecule has 1 rings (SSSR count). The Kier molecular flexibility index (Phi) is 2.36. The smallest absolute Gasteiger partial charge is 0.149 e. The van der Waals surface area contributed by atoms with E-state index in [1.807, 2.05) is 20.8 Å². The lowest BCUT2D eigenvalue weighted by Crippen LogP contribution is -2.10. The van der Waals surface area contributed by atoms with Gasteiger partial charge in [-0.3, -0.25) is 0 Å². The predicted molar refractivity (Wildman–Crippen MR) is 52.3 cm³/mol. The highest BCUT2D eigenvalue weighted by Gasteiger charge is 2.19. The number of phenolic OH excluding ortho intramolecular Hbond substituents is 1. The summed E-state index contributed by atoms with van der Waals surface area (Å²) in [5.74, 6) is -0.00926. The van der Waals surface area contributed by atoms with E-state index in [-0.39, 0.29) is 16.9 Å². The SMILES string of the molecule is CC(C)(C)c1cccc(N=O)c1O. The third-order valence-electron chi connectivity index (χ3n) is 1.92. The van der Waals surface area contributed by atoms with E-state index in [0.29, 0.717) is 0 Å². The van der Waals surface area contributed by atoms with Crippen molar-refractivity contribution in [1.82, 2.24) is 0 Å². The van der Waals surface area contributed by atoms with Gasteiger partial charge in [-0.05, 0) is 16.7 Å². The van der Waals surface area contributed by atoms with Gasteiger partial charge in [-0.15, -0.1) is 4.91 Å². The zero-order valence-electron chi connectivity index (χ0n) is 8.03. The molecule has 0 heterocycles. The van der Waals surface area contributed by atoms with Gasteiger partial charge in [0.05, 0.1) is 0 Å². The lowest BCUT2D eigenvalue weighted by molar-refractivity contribution is 0.448. The lowest BCUT2D eigenvalue weighted by Gasteiger charge is -2.20. The molecule has 0 radical (unpaired) electrons. The molecule has 0 aliphatic rings. The summed E-state index contributed by atoms with van der Waals surface area (Å²) in [4.78, 5) is 10.3. The minimum atomic E-state index is -0.176. The second-order valence-electron chi connectivity index (χ2n) is 4.01. The molecule has 1 aromatic carbocycles. The number of nitrogens with zero attached hydrogens (tertiary/aromatic N) is 1. The van der Waals surface area contributed by atoms with Crippen LogP contribution in [0.3, 0.4) is 0 Å². The summed E-state index contributed by atoms with van der Waals surface area (Å²) >= 11 is 0. The summed E-state index contributed by atoms with van der Waals surface area (Å²) in [6, 6.07) is 5.01. The van der Waals surface area contributed by atoms with E-state index < -0.39 is 0 Å². The minimum absolute atomic E-state index is 0.00926. The molecule has 1 N–H and O–H groups in total.